The number of nitrogens with zero attached hydrogens (tertiary/aromatic N) is 1. The van der Waals surface area contributed by atoms with Gasteiger partial charge in [-0.3, -0.25) is 4.79 Å². The van der Waals surface area contributed by atoms with Crippen molar-refractivity contribution in [3.63, 3.8) is 0 Å². The molecule has 0 aliphatic heterocycles. The zero-order chi connectivity index (χ0) is 28.3. The fourth-order valence-corrected chi connectivity index (χ4v) is 4.24. The maximum absolute atomic E-state index is 12.9. The molecule has 1 amide bonds. The van der Waals surface area contributed by atoms with Crippen molar-refractivity contribution in [1.29, 1.82) is 5.26 Å². The Morgan fingerprint density at radius 1 is 0.925 bits per heavy atom. The third-order valence-electron chi connectivity index (χ3n) is 5.66. The van der Waals surface area contributed by atoms with Crippen LogP contribution in [0.2, 0.25) is 5.02 Å². The molecule has 4 aromatic rings. The van der Waals surface area contributed by atoms with E-state index in [0.717, 1.165) is 15.6 Å². The van der Waals surface area contributed by atoms with Crippen molar-refractivity contribution in [3.05, 3.63) is 123 Å². The molecule has 0 unspecified atom stereocenters. The van der Waals surface area contributed by atoms with Gasteiger partial charge in [-0.1, -0.05) is 70.0 Å². The number of benzene rings is 4. The first-order valence-corrected chi connectivity index (χ1v) is 13.7. The van der Waals surface area contributed by atoms with E-state index in [1.54, 1.807) is 36.4 Å². The molecule has 0 bridgehead atoms. The number of rotatable bonds is 11. The van der Waals surface area contributed by atoms with Gasteiger partial charge in [-0.05, 0) is 78.2 Å². The maximum Gasteiger partial charge on any atom is 0.266 e. The minimum absolute atomic E-state index is 0.0912. The lowest BCUT2D eigenvalue weighted by atomic mass is 10.1. The number of amides is 1. The molecular formula is C32H26BrClN2O4. The Morgan fingerprint density at radius 3 is 2.27 bits per heavy atom. The number of nitrogens with one attached hydrogen (secondary N) is 1. The van der Waals surface area contributed by atoms with Crippen LogP contribution < -0.4 is 19.5 Å². The van der Waals surface area contributed by atoms with Crippen LogP contribution in [0.25, 0.3) is 6.08 Å². The van der Waals surface area contributed by atoms with E-state index in [-0.39, 0.29) is 5.57 Å². The summed E-state index contributed by atoms with van der Waals surface area (Å²) in [7, 11) is 0. The average molecular weight is 618 g/mol. The second-order valence-corrected chi connectivity index (χ2v) is 9.92. The number of hydrogen-bond acceptors (Lipinski definition) is 5. The molecule has 4 rings (SSSR count). The Hall–Kier alpha value is -4.25. The molecule has 0 heterocycles. The number of carbonyl (C=O) groups is 1. The molecule has 6 nitrogen and oxygen atoms in total. The largest absolute Gasteiger partial charge is 0.490 e. The highest BCUT2D eigenvalue weighted by Crippen LogP contribution is 2.38. The molecule has 202 valence electrons. The number of nitriles is 1. The van der Waals surface area contributed by atoms with Gasteiger partial charge >= 0.3 is 0 Å². The lowest BCUT2D eigenvalue weighted by Crippen LogP contribution is -2.13. The first-order chi connectivity index (χ1) is 19.4. The van der Waals surface area contributed by atoms with Gasteiger partial charge in [0.25, 0.3) is 5.91 Å². The molecule has 0 spiro atoms. The minimum atomic E-state index is -0.551. The van der Waals surface area contributed by atoms with Crippen LogP contribution in [0.15, 0.2) is 101 Å². The SMILES string of the molecule is CCOc1cc(/C=C(\C#N)C(=O)Nc2ccc(OCc3ccccc3)cc2)cc(Cl)c1OCc1ccc(Br)cc1. The Balaban J connectivity index is 1.44. The van der Waals surface area contributed by atoms with Gasteiger partial charge in [-0.2, -0.15) is 5.26 Å². The number of hydrogen-bond donors (Lipinski definition) is 1. The van der Waals surface area contributed by atoms with Crippen LogP contribution in [-0.2, 0) is 18.0 Å². The van der Waals surface area contributed by atoms with Gasteiger partial charge < -0.3 is 19.5 Å². The lowest BCUT2D eigenvalue weighted by molar-refractivity contribution is -0.112. The molecule has 0 aliphatic rings. The highest BCUT2D eigenvalue weighted by molar-refractivity contribution is 9.10. The zero-order valence-corrected chi connectivity index (χ0v) is 24.0. The number of halogens is 2. The standard InChI is InChI=1S/C32H26BrClN2O4/c1-2-38-30-18-24(17-29(34)31(30)40-21-23-8-10-26(33)11-9-23)16-25(19-35)32(37)36-27-12-14-28(15-13-27)39-20-22-6-4-3-5-7-22/h3-18H,2,20-21H2,1H3,(H,36,37)/b25-16+. The molecule has 0 aromatic heterocycles. The fraction of sp³-hybridized carbons (Fsp3) is 0.125. The summed E-state index contributed by atoms with van der Waals surface area (Å²) in [6.07, 6.45) is 1.46. The van der Waals surface area contributed by atoms with Crippen LogP contribution in [0, 0.1) is 11.3 Å². The third kappa shape index (κ3) is 8.12. The summed E-state index contributed by atoms with van der Waals surface area (Å²) in [5.41, 5.74) is 2.99. The summed E-state index contributed by atoms with van der Waals surface area (Å²) in [6, 6.07) is 29.8. The van der Waals surface area contributed by atoms with Crippen LogP contribution in [0.1, 0.15) is 23.6 Å². The van der Waals surface area contributed by atoms with E-state index in [1.165, 1.54) is 6.08 Å². The van der Waals surface area contributed by atoms with E-state index < -0.39 is 5.91 Å². The third-order valence-corrected chi connectivity index (χ3v) is 6.47. The summed E-state index contributed by atoms with van der Waals surface area (Å²) in [4.78, 5) is 12.9. The van der Waals surface area contributed by atoms with Gasteiger partial charge in [0.2, 0.25) is 0 Å². The van der Waals surface area contributed by atoms with E-state index in [9.17, 15) is 10.1 Å². The Morgan fingerprint density at radius 2 is 1.60 bits per heavy atom. The molecule has 0 aliphatic carbocycles. The van der Waals surface area contributed by atoms with Gasteiger partial charge in [-0.15, -0.1) is 0 Å². The zero-order valence-electron chi connectivity index (χ0n) is 21.7. The molecule has 0 atom stereocenters. The van der Waals surface area contributed by atoms with Crippen LogP contribution in [0.3, 0.4) is 0 Å². The van der Waals surface area contributed by atoms with Gasteiger partial charge in [0.05, 0.1) is 11.6 Å². The normalized spacial score (nSPS) is 10.9. The van der Waals surface area contributed by atoms with Crippen LogP contribution >= 0.6 is 27.5 Å². The van der Waals surface area contributed by atoms with Crippen molar-refractivity contribution >= 4 is 45.2 Å². The van der Waals surface area contributed by atoms with Crippen molar-refractivity contribution in [1.82, 2.24) is 0 Å². The van der Waals surface area contributed by atoms with Crippen LogP contribution in [0.5, 0.6) is 17.2 Å². The van der Waals surface area contributed by atoms with E-state index in [0.29, 0.717) is 53.3 Å². The smallest absolute Gasteiger partial charge is 0.266 e. The van der Waals surface area contributed by atoms with Crippen molar-refractivity contribution in [2.24, 2.45) is 0 Å². The molecule has 40 heavy (non-hydrogen) atoms. The summed E-state index contributed by atoms with van der Waals surface area (Å²) < 4.78 is 18.5. The fourth-order valence-electron chi connectivity index (χ4n) is 3.70. The molecule has 0 radical (unpaired) electrons. The van der Waals surface area contributed by atoms with Crippen molar-refractivity contribution in [2.45, 2.75) is 20.1 Å². The predicted octanol–water partition coefficient (Wildman–Crippen LogP) is 8.20. The summed E-state index contributed by atoms with van der Waals surface area (Å²) in [5, 5.41) is 12.7. The summed E-state index contributed by atoms with van der Waals surface area (Å²) >= 11 is 9.96. The van der Waals surface area contributed by atoms with Gasteiger partial charge in [0.1, 0.15) is 30.6 Å². The number of ether oxygens (including phenoxy) is 3. The molecule has 0 fully saturated rings. The van der Waals surface area contributed by atoms with E-state index >= 15 is 0 Å². The second-order valence-electron chi connectivity index (χ2n) is 8.60. The molecule has 8 heteroatoms. The first-order valence-electron chi connectivity index (χ1n) is 12.5. The quantitative estimate of drug-likeness (QED) is 0.136. The maximum atomic E-state index is 12.9. The van der Waals surface area contributed by atoms with Crippen molar-refractivity contribution < 1.29 is 19.0 Å². The van der Waals surface area contributed by atoms with E-state index in [1.807, 2.05) is 67.6 Å². The van der Waals surface area contributed by atoms with Gasteiger partial charge in [-0.25, -0.2) is 0 Å². The molecule has 1 N–H and O–H groups in total. The first kappa shape index (κ1) is 28.8. The predicted molar refractivity (Wildman–Crippen MR) is 161 cm³/mol. The lowest BCUT2D eigenvalue weighted by Gasteiger charge is -2.15. The monoisotopic (exact) mass is 616 g/mol. The van der Waals surface area contributed by atoms with Crippen molar-refractivity contribution in [2.75, 3.05) is 11.9 Å². The van der Waals surface area contributed by atoms with Gasteiger partial charge in [0, 0.05) is 10.2 Å². The van der Waals surface area contributed by atoms with Crippen LogP contribution in [0.4, 0.5) is 5.69 Å². The Kier molecular flexibility index (Phi) is 10.2. The van der Waals surface area contributed by atoms with E-state index in [4.69, 9.17) is 25.8 Å². The summed E-state index contributed by atoms with van der Waals surface area (Å²) in [6.45, 7) is 2.97. The molecular weight excluding hydrogens is 592 g/mol. The minimum Gasteiger partial charge on any atom is -0.490 e. The highest BCUT2D eigenvalue weighted by atomic mass is 79.9. The van der Waals surface area contributed by atoms with Crippen molar-refractivity contribution in [3.8, 4) is 23.3 Å². The van der Waals surface area contributed by atoms with Crippen LogP contribution in [-0.4, -0.2) is 12.5 Å². The Labute approximate surface area is 246 Å². The molecule has 0 saturated heterocycles. The number of anilines is 1. The Bertz CT molecular complexity index is 1520. The molecule has 4 aromatic carbocycles. The second kappa shape index (κ2) is 14.2. The highest BCUT2D eigenvalue weighted by Gasteiger charge is 2.15. The number of carbonyl (C=O) groups excluding carboxylic acids is 1. The van der Waals surface area contributed by atoms with Gasteiger partial charge in [0.15, 0.2) is 11.5 Å². The summed E-state index contributed by atoms with van der Waals surface area (Å²) in [5.74, 6) is 0.923. The topological polar surface area (TPSA) is 80.6 Å². The average Bonchev–Trinajstić information content (AvgIpc) is 2.96. The molecule has 0 saturated carbocycles. The van der Waals surface area contributed by atoms with E-state index in [2.05, 4.69) is 21.2 Å².